The fourth-order valence-electron chi connectivity index (χ4n) is 12.3. The zero-order valence-electron chi connectivity index (χ0n) is 41.1. The quantitative estimate of drug-likeness (QED) is 0.157. The minimum Gasteiger partial charge on any atom is -0.464 e. The molecule has 368 valence electrons. The molecule has 9 heterocycles. The number of thiazole rings is 1. The molecule has 7 aliphatic rings. The van der Waals surface area contributed by atoms with Crippen LogP contribution in [-0.2, 0) is 30.3 Å². The van der Waals surface area contributed by atoms with Gasteiger partial charge in [-0.2, -0.15) is 0 Å². The molecule has 16 nitrogen and oxygen atoms in total. The van der Waals surface area contributed by atoms with Crippen LogP contribution in [0.15, 0.2) is 60.5 Å². The number of nitrogens with zero attached hydrogens (tertiary/aromatic N) is 9. The highest BCUT2D eigenvalue weighted by molar-refractivity contribution is 7.10. The number of likely N-dealkylation sites (tertiary alicyclic amines) is 2. The molecule has 6 bridgehead atoms. The van der Waals surface area contributed by atoms with E-state index in [2.05, 4.69) is 104 Å². The second kappa shape index (κ2) is 17.5. The number of hydrogen-bond donors (Lipinski definition) is 2. The van der Waals surface area contributed by atoms with Crippen molar-refractivity contribution < 1.29 is 23.9 Å². The van der Waals surface area contributed by atoms with E-state index in [-0.39, 0.29) is 53.9 Å². The standard InChI is InChI=1S/C53H65N11O5S/c1-30-31(2)43(30)48(65)58-45-47(61-26-53(27-61)16-20-62(53)42-15-18-54-29-56-42)49-57-40(25-70-49)33-11-14-41-37(21-33)38(22-52(4,5)28-69-51(67)39-10-8-19-63(59-39)50(45)66)46(36-9-7-17-55-44(36)32(3)68-6)64(41)35-23-60(24-35)34-12-13-34/h7,9,11,14-15,17-18,21,25,29-32,34-35,39,43,45,47,59H,8,10,12-13,16,19-20,22-24,26-28H2,1-6H3,(H,58,65)/t30-,31+,32-,39-,43?,45-,47-/m0/s1. The number of pyridine rings is 1. The second-order valence-corrected chi connectivity index (χ2v) is 23.1. The first-order chi connectivity index (χ1) is 33.8. The predicted molar refractivity (Wildman–Crippen MR) is 266 cm³/mol. The van der Waals surface area contributed by atoms with Crippen LogP contribution >= 0.6 is 11.3 Å². The number of esters is 1. The molecule has 6 fully saturated rings. The smallest absolute Gasteiger partial charge is 0.324 e. The lowest BCUT2D eigenvalue weighted by Gasteiger charge is -2.64. The molecule has 4 aromatic heterocycles. The van der Waals surface area contributed by atoms with E-state index in [4.69, 9.17) is 19.4 Å². The Labute approximate surface area is 413 Å². The summed E-state index contributed by atoms with van der Waals surface area (Å²) in [5.41, 5.74) is 9.81. The largest absolute Gasteiger partial charge is 0.464 e. The van der Waals surface area contributed by atoms with Gasteiger partial charge in [-0.15, -0.1) is 11.3 Å². The van der Waals surface area contributed by atoms with Gasteiger partial charge >= 0.3 is 5.97 Å². The number of aromatic nitrogens is 5. The van der Waals surface area contributed by atoms with Crippen molar-refractivity contribution in [3.63, 3.8) is 0 Å². The van der Waals surface area contributed by atoms with Gasteiger partial charge in [0, 0.05) is 104 Å². The molecule has 7 atom stereocenters. The van der Waals surface area contributed by atoms with Crippen LogP contribution in [0.25, 0.3) is 33.4 Å². The van der Waals surface area contributed by atoms with Crippen LogP contribution in [0.3, 0.4) is 0 Å². The number of benzene rings is 1. The van der Waals surface area contributed by atoms with Crippen LogP contribution in [0, 0.1) is 23.2 Å². The Morgan fingerprint density at radius 1 is 1.00 bits per heavy atom. The van der Waals surface area contributed by atoms with Gasteiger partial charge in [-0.25, -0.2) is 20.4 Å². The van der Waals surface area contributed by atoms with E-state index in [1.165, 1.54) is 29.7 Å². The van der Waals surface area contributed by atoms with E-state index in [1.54, 1.807) is 24.6 Å². The van der Waals surface area contributed by atoms with Crippen molar-refractivity contribution >= 4 is 45.8 Å². The number of hydrazine groups is 1. The number of nitrogens with one attached hydrogen (secondary N) is 2. The van der Waals surface area contributed by atoms with Gasteiger partial charge < -0.3 is 24.3 Å². The van der Waals surface area contributed by atoms with Gasteiger partial charge in [-0.05, 0) is 93.2 Å². The van der Waals surface area contributed by atoms with E-state index >= 15 is 4.79 Å². The third-order valence-electron chi connectivity index (χ3n) is 16.9. The summed E-state index contributed by atoms with van der Waals surface area (Å²) < 4.78 is 14.8. The minimum absolute atomic E-state index is 0.124. The highest BCUT2D eigenvalue weighted by Crippen LogP contribution is 2.50. The monoisotopic (exact) mass is 967 g/mol. The molecule has 1 spiro atoms. The van der Waals surface area contributed by atoms with E-state index in [0.717, 1.165) is 76.0 Å². The topological polar surface area (TPSA) is 163 Å². The Balaban J connectivity index is 1.00. The van der Waals surface area contributed by atoms with Gasteiger partial charge in [0.1, 0.15) is 29.2 Å². The van der Waals surface area contributed by atoms with Crippen LogP contribution in [0.5, 0.6) is 0 Å². The van der Waals surface area contributed by atoms with Crippen molar-refractivity contribution in [3.8, 4) is 22.5 Å². The summed E-state index contributed by atoms with van der Waals surface area (Å²) in [5, 5.41) is 8.88. The first kappa shape index (κ1) is 45.8. The zero-order chi connectivity index (χ0) is 48.2. The molecule has 70 heavy (non-hydrogen) atoms. The van der Waals surface area contributed by atoms with Gasteiger partial charge in [-0.1, -0.05) is 33.8 Å². The molecule has 2 amide bonds. The number of carbonyl (C=O) groups is 3. The lowest BCUT2D eigenvalue weighted by molar-refractivity contribution is -0.156. The third-order valence-corrected chi connectivity index (χ3v) is 17.9. The fourth-order valence-corrected chi connectivity index (χ4v) is 13.3. The molecule has 0 radical (unpaired) electrons. The van der Waals surface area contributed by atoms with Crippen molar-refractivity contribution in [1.29, 1.82) is 0 Å². The Morgan fingerprint density at radius 3 is 2.53 bits per heavy atom. The Morgan fingerprint density at radius 2 is 1.81 bits per heavy atom. The molecule has 2 aliphatic carbocycles. The number of ether oxygens (including phenoxy) is 2. The average Bonchev–Trinajstić information content (AvgIpc) is 4.18. The summed E-state index contributed by atoms with van der Waals surface area (Å²) in [6, 6.07) is 11.5. The molecular weight excluding hydrogens is 903 g/mol. The van der Waals surface area contributed by atoms with Gasteiger partial charge in [0.05, 0.1) is 47.4 Å². The summed E-state index contributed by atoms with van der Waals surface area (Å²) >= 11 is 1.54. The van der Waals surface area contributed by atoms with Gasteiger partial charge in [0.15, 0.2) is 0 Å². The number of rotatable bonds is 9. The van der Waals surface area contributed by atoms with E-state index < -0.39 is 29.5 Å². The Kier molecular flexibility index (Phi) is 11.4. The average molecular weight is 968 g/mol. The van der Waals surface area contributed by atoms with Crippen LogP contribution in [0.1, 0.15) is 101 Å². The SMILES string of the molecule is CO[C@@H](C)c1ncccc1-c1c2c3cc(ccc3n1C1CN(C3CC3)C1)-c1csc(n1)[C@@H](N1CC3(CCN3c3ccncn3)C1)[C@H](NC(=O)C1[C@@H](C)[C@H]1C)C(=O)N1CCC[C@H](N1)C(=O)OCC(C)(C)C2. The van der Waals surface area contributed by atoms with Crippen LogP contribution in [0.2, 0.25) is 0 Å². The number of fused-ring (bicyclic) bond motifs is 6. The molecule has 2 N–H and O–H groups in total. The van der Waals surface area contributed by atoms with E-state index in [9.17, 15) is 9.59 Å². The molecule has 2 saturated carbocycles. The van der Waals surface area contributed by atoms with Gasteiger partial charge in [0.25, 0.3) is 5.91 Å². The summed E-state index contributed by atoms with van der Waals surface area (Å²) in [5.74, 6) is 0.318. The molecular formula is C53H65N11O5S. The molecule has 1 aromatic carbocycles. The van der Waals surface area contributed by atoms with Gasteiger partial charge in [0.2, 0.25) is 5.91 Å². The predicted octanol–water partition coefficient (Wildman–Crippen LogP) is 6.36. The number of carbonyl (C=O) groups excluding carboxylic acids is 3. The molecule has 1 unspecified atom stereocenters. The van der Waals surface area contributed by atoms with Crippen molar-refractivity contribution in [1.82, 2.24) is 50.1 Å². The normalized spacial score (nSPS) is 28.4. The van der Waals surface area contributed by atoms with Gasteiger partial charge in [-0.3, -0.25) is 34.2 Å². The van der Waals surface area contributed by atoms with E-state index in [0.29, 0.717) is 44.9 Å². The summed E-state index contributed by atoms with van der Waals surface area (Å²) in [6.45, 7) is 15.3. The Bertz CT molecular complexity index is 2830. The maximum absolute atomic E-state index is 15.3. The first-order valence-electron chi connectivity index (χ1n) is 25.5. The van der Waals surface area contributed by atoms with Crippen molar-refractivity contribution in [3.05, 3.63) is 76.8 Å². The lowest BCUT2D eigenvalue weighted by Crippen LogP contribution is -2.78. The summed E-state index contributed by atoms with van der Waals surface area (Å²) in [6.07, 6.45) is 10.2. The molecule has 17 heteroatoms. The summed E-state index contributed by atoms with van der Waals surface area (Å²) in [7, 11) is 1.73. The van der Waals surface area contributed by atoms with Crippen molar-refractivity contribution in [2.24, 2.45) is 23.2 Å². The zero-order valence-corrected chi connectivity index (χ0v) is 42.0. The van der Waals surface area contributed by atoms with E-state index in [1.807, 2.05) is 18.3 Å². The Hall–Kier alpha value is -5.33. The number of cyclic esters (lactones) is 1. The first-order valence-corrected chi connectivity index (χ1v) is 26.4. The number of anilines is 1. The summed E-state index contributed by atoms with van der Waals surface area (Å²) in [4.78, 5) is 70.4. The number of hydrogen-bond acceptors (Lipinski definition) is 14. The number of amides is 2. The molecule has 4 saturated heterocycles. The van der Waals surface area contributed by atoms with Crippen LogP contribution in [-0.4, -0.2) is 134 Å². The third kappa shape index (κ3) is 7.90. The van der Waals surface area contributed by atoms with Crippen LogP contribution in [0.4, 0.5) is 5.82 Å². The molecule has 5 aliphatic heterocycles. The maximum Gasteiger partial charge on any atom is 0.324 e. The highest BCUT2D eigenvalue weighted by atomic mass is 32.1. The van der Waals surface area contributed by atoms with Crippen molar-refractivity contribution in [2.75, 3.05) is 57.9 Å². The number of methoxy groups -OCH3 is 1. The minimum atomic E-state index is -0.983. The fraction of sp³-hybridized carbons (Fsp3) is 0.566. The molecule has 12 rings (SSSR count). The second-order valence-electron chi connectivity index (χ2n) is 22.2. The van der Waals surface area contributed by atoms with Crippen LogP contribution < -0.4 is 15.6 Å². The molecule has 5 aromatic rings. The lowest BCUT2D eigenvalue weighted by atomic mass is 9.76. The van der Waals surface area contributed by atoms with Crippen molar-refractivity contribution in [2.45, 2.75) is 115 Å². The highest BCUT2D eigenvalue weighted by Gasteiger charge is 2.58. The maximum atomic E-state index is 15.3.